The molecule has 0 aliphatic rings. The Morgan fingerprint density at radius 2 is 1.82 bits per heavy atom. The van der Waals surface area contributed by atoms with E-state index in [2.05, 4.69) is 4.74 Å². The maximum Gasteiger partial charge on any atom is 0.308 e. The molecule has 1 atom stereocenters. The molecule has 0 heterocycles. The molecule has 92 valence electrons. The minimum atomic E-state index is -0.514. The summed E-state index contributed by atoms with van der Waals surface area (Å²) in [6, 6.07) is 4.83. The Morgan fingerprint density at radius 3 is 2.29 bits per heavy atom. The van der Waals surface area contributed by atoms with Crippen molar-refractivity contribution in [2.75, 3.05) is 7.11 Å². The van der Waals surface area contributed by atoms with Gasteiger partial charge in [-0.3, -0.25) is 9.59 Å². The summed E-state index contributed by atoms with van der Waals surface area (Å²) in [5, 5.41) is 0.583. The molecule has 1 aromatic rings. The van der Waals surface area contributed by atoms with Crippen molar-refractivity contribution in [1.82, 2.24) is 0 Å². The Kier molecular flexibility index (Phi) is 4.97. The summed E-state index contributed by atoms with van der Waals surface area (Å²) in [4.78, 5) is 23.1. The lowest BCUT2D eigenvalue weighted by Crippen LogP contribution is -2.17. The van der Waals surface area contributed by atoms with Crippen molar-refractivity contribution >= 4 is 35.0 Å². The van der Waals surface area contributed by atoms with Gasteiger partial charge in [0, 0.05) is 6.42 Å². The molecule has 0 aliphatic carbocycles. The third-order valence-corrected chi connectivity index (χ3v) is 2.97. The van der Waals surface area contributed by atoms with Crippen molar-refractivity contribution in [2.24, 2.45) is 5.92 Å². The van der Waals surface area contributed by atoms with Gasteiger partial charge in [-0.25, -0.2) is 0 Å². The van der Waals surface area contributed by atoms with E-state index in [1.807, 2.05) is 0 Å². The number of carbonyl (C=O) groups excluding carboxylic acids is 2. The van der Waals surface area contributed by atoms with Crippen LogP contribution in [-0.4, -0.2) is 18.9 Å². The van der Waals surface area contributed by atoms with Crippen LogP contribution in [0.3, 0.4) is 0 Å². The van der Waals surface area contributed by atoms with E-state index >= 15 is 0 Å². The highest BCUT2D eigenvalue weighted by atomic mass is 35.5. The van der Waals surface area contributed by atoms with Crippen molar-refractivity contribution in [3.63, 3.8) is 0 Å². The van der Waals surface area contributed by atoms with Gasteiger partial charge in [0.15, 0.2) is 5.78 Å². The van der Waals surface area contributed by atoms with Crippen LogP contribution in [0, 0.1) is 5.92 Å². The third-order valence-electron chi connectivity index (χ3n) is 2.34. The van der Waals surface area contributed by atoms with Crippen LogP contribution in [0.15, 0.2) is 18.2 Å². The monoisotopic (exact) mass is 274 g/mol. The van der Waals surface area contributed by atoms with Crippen molar-refractivity contribution in [1.29, 1.82) is 0 Å². The Bertz CT molecular complexity index is 423. The Morgan fingerprint density at radius 1 is 1.29 bits per heavy atom. The van der Waals surface area contributed by atoms with Gasteiger partial charge in [-0.2, -0.15) is 0 Å². The van der Waals surface area contributed by atoms with Crippen molar-refractivity contribution in [3.8, 4) is 0 Å². The number of ether oxygens (including phenoxy) is 1. The maximum absolute atomic E-state index is 11.9. The van der Waals surface area contributed by atoms with E-state index in [1.165, 1.54) is 7.11 Å². The van der Waals surface area contributed by atoms with E-state index < -0.39 is 11.9 Å². The van der Waals surface area contributed by atoms with Crippen LogP contribution >= 0.6 is 23.2 Å². The molecule has 0 bridgehead atoms. The Balaban J connectivity index is 2.87. The van der Waals surface area contributed by atoms with Crippen LogP contribution in [0.5, 0.6) is 0 Å². The highest BCUT2D eigenvalue weighted by Gasteiger charge is 2.21. The summed E-state index contributed by atoms with van der Waals surface area (Å²) >= 11 is 11.8. The van der Waals surface area contributed by atoms with Crippen LogP contribution in [0.2, 0.25) is 10.0 Å². The summed E-state index contributed by atoms with van der Waals surface area (Å²) in [5.74, 6) is -1.21. The molecule has 1 unspecified atom stereocenters. The van der Waals surface area contributed by atoms with Gasteiger partial charge in [0.2, 0.25) is 0 Å². The molecule has 0 saturated carbocycles. The molecule has 1 rings (SSSR count). The number of hydrogen-bond acceptors (Lipinski definition) is 3. The van der Waals surface area contributed by atoms with Crippen LogP contribution in [-0.2, 0) is 9.53 Å². The van der Waals surface area contributed by atoms with E-state index in [1.54, 1.807) is 25.1 Å². The van der Waals surface area contributed by atoms with Crippen LogP contribution in [0.25, 0.3) is 0 Å². The topological polar surface area (TPSA) is 43.4 Å². The number of hydrogen-bond donors (Lipinski definition) is 0. The van der Waals surface area contributed by atoms with Gasteiger partial charge in [0.25, 0.3) is 0 Å². The normalized spacial score (nSPS) is 12.0. The molecular formula is C12H12Cl2O3. The summed E-state index contributed by atoms with van der Waals surface area (Å²) in [6.45, 7) is 1.62. The zero-order chi connectivity index (χ0) is 13.0. The first-order chi connectivity index (χ1) is 7.97. The maximum atomic E-state index is 11.9. The highest BCUT2D eigenvalue weighted by Crippen LogP contribution is 2.26. The number of rotatable bonds is 4. The third kappa shape index (κ3) is 3.45. The summed E-state index contributed by atoms with van der Waals surface area (Å²) in [6.07, 6.45) is 0.0239. The lowest BCUT2D eigenvalue weighted by molar-refractivity contribution is -0.144. The average Bonchev–Trinajstić information content (AvgIpc) is 2.27. The molecule has 3 nitrogen and oxygen atoms in total. The lowest BCUT2D eigenvalue weighted by atomic mass is 10.00. The van der Waals surface area contributed by atoms with Gasteiger partial charge in [-0.1, -0.05) is 36.2 Å². The van der Waals surface area contributed by atoms with E-state index in [0.29, 0.717) is 10.0 Å². The second-order valence-electron chi connectivity index (χ2n) is 3.65. The zero-order valence-electron chi connectivity index (χ0n) is 9.50. The number of carbonyl (C=O) groups is 2. The minimum Gasteiger partial charge on any atom is -0.469 e. The molecule has 5 heteroatoms. The molecule has 0 aromatic heterocycles. The molecule has 0 N–H and O–H groups in total. The van der Waals surface area contributed by atoms with Gasteiger partial charge >= 0.3 is 5.97 Å². The first kappa shape index (κ1) is 14.0. The first-order valence-electron chi connectivity index (χ1n) is 5.02. The predicted molar refractivity (Wildman–Crippen MR) is 66.6 cm³/mol. The van der Waals surface area contributed by atoms with Crippen LogP contribution in [0.1, 0.15) is 23.7 Å². The van der Waals surface area contributed by atoms with E-state index in [0.717, 1.165) is 0 Å². The fourth-order valence-corrected chi connectivity index (χ4v) is 2.04. The predicted octanol–water partition coefficient (Wildman–Crippen LogP) is 3.38. The van der Waals surface area contributed by atoms with Crippen molar-refractivity contribution < 1.29 is 14.3 Å². The van der Waals surface area contributed by atoms with Crippen molar-refractivity contribution in [3.05, 3.63) is 33.8 Å². The largest absolute Gasteiger partial charge is 0.469 e. The Labute approximate surface area is 110 Å². The first-order valence-corrected chi connectivity index (χ1v) is 5.78. The molecule has 0 radical (unpaired) electrons. The molecule has 0 fully saturated rings. The number of Topliss-reactive ketones (excluding diaryl/α,β-unsaturated/α-hetero) is 1. The number of halogens is 2. The summed E-state index contributed by atoms with van der Waals surface area (Å²) < 4.78 is 4.55. The smallest absolute Gasteiger partial charge is 0.308 e. The second-order valence-corrected chi connectivity index (χ2v) is 4.46. The summed E-state index contributed by atoms with van der Waals surface area (Å²) in [5.41, 5.74) is 0.256. The van der Waals surface area contributed by atoms with E-state index in [-0.39, 0.29) is 17.8 Å². The number of ketones is 1. The van der Waals surface area contributed by atoms with E-state index in [9.17, 15) is 9.59 Å². The Hall–Kier alpha value is -1.06. The SMILES string of the molecule is COC(=O)C(C)CC(=O)c1c(Cl)cccc1Cl. The lowest BCUT2D eigenvalue weighted by Gasteiger charge is -2.10. The summed E-state index contributed by atoms with van der Waals surface area (Å²) in [7, 11) is 1.28. The van der Waals surface area contributed by atoms with Gasteiger partial charge in [-0.15, -0.1) is 0 Å². The van der Waals surface area contributed by atoms with Gasteiger partial charge in [0.05, 0.1) is 28.6 Å². The fourth-order valence-electron chi connectivity index (χ4n) is 1.43. The average molecular weight is 275 g/mol. The number of benzene rings is 1. The van der Waals surface area contributed by atoms with Gasteiger partial charge < -0.3 is 4.74 Å². The molecule has 0 saturated heterocycles. The zero-order valence-corrected chi connectivity index (χ0v) is 11.0. The molecule has 17 heavy (non-hydrogen) atoms. The van der Waals surface area contributed by atoms with Crippen molar-refractivity contribution in [2.45, 2.75) is 13.3 Å². The minimum absolute atomic E-state index is 0.0239. The second kappa shape index (κ2) is 6.03. The fraction of sp³-hybridized carbons (Fsp3) is 0.333. The number of methoxy groups -OCH3 is 1. The van der Waals surface area contributed by atoms with Crippen LogP contribution < -0.4 is 0 Å². The number of esters is 1. The van der Waals surface area contributed by atoms with E-state index in [4.69, 9.17) is 23.2 Å². The molecule has 0 aliphatic heterocycles. The molecule has 0 spiro atoms. The van der Waals surface area contributed by atoms with Gasteiger partial charge in [0.1, 0.15) is 0 Å². The molecule has 0 amide bonds. The molecule has 1 aromatic carbocycles. The quantitative estimate of drug-likeness (QED) is 0.625. The van der Waals surface area contributed by atoms with Crippen LogP contribution in [0.4, 0.5) is 0 Å². The highest BCUT2D eigenvalue weighted by molar-refractivity contribution is 6.39. The molecular weight excluding hydrogens is 263 g/mol. The van der Waals surface area contributed by atoms with Gasteiger partial charge in [-0.05, 0) is 12.1 Å². The standard InChI is InChI=1S/C12H12Cl2O3/c1-7(12(16)17-2)6-10(15)11-8(13)4-3-5-9(11)14/h3-5,7H,6H2,1-2H3.